The lowest BCUT2D eigenvalue weighted by atomic mass is 9.86. The number of aryl methyl sites for hydroxylation is 1. The van der Waals surface area contributed by atoms with Crippen LogP contribution in [0.2, 0.25) is 0 Å². The molecule has 0 saturated heterocycles. The van der Waals surface area contributed by atoms with Gasteiger partial charge < -0.3 is 15.6 Å². The number of furan rings is 1. The number of aromatic nitrogens is 3. The van der Waals surface area contributed by atoms with E-state index in [0.29, 0.717) is 5.16 Å². The molecule has 1 aliphatic carbocycles. The molecular formula is C18H27N5O2S. The van der Waals surface area contributed by atoms with Crippen molar-refractivity contribution in [1.82, 2.24) is 20.2 Å². The van der Waals surface area contributed by atoms with Crippen molar-refractivity contribution in [2.24, 2.45) is 5.92 Å². The highest BCUT2D eigenvalue weighted by Crippen LogP contribution is 2.27. The van der Waals surface area contributed by atoms with Crippen LogP contribution in [0.15, 0.2) is 28.0 Å². The molecule has 7 nitrogen and oxygen atoms in total. The van der Waals surface area contributed by atoms with Crippen LogP contribution in [0.1, 0.15) is 63.1 Å². The van der Waals surface area contributed by atoms with Crippen LogP contribution in [-0.2, 0) is 11.2 Å². The quantitative estimate of drug-likeness (QED) is 0.542. The fourth-order valence-corrected chi connectivity index (χ4v) is 4.09. The molecule has 0 spiro atoms. The second-order valence-electron chi connectivity index (χ2n) is 6.90. The maximum Gasteiger partial charge on any atom is 0.231 e. The van der Waals surface area contributed by atoms with Crippen LogP contribution in [0.3, 0.4) is 0 Å². The minimum atomic E-state index is -0.167. The van der Waals surface area contributed by atoms with Gasteiger partial charge in [-0.05, 0) is 31.4 Å². The van der Waals surface area contributed by atoms with Crippen LogP contribution in [0.4, 0.5) is 0 Å². The van der Waals surface area contributed by atoms with E-state index in [0.717, 1.165) is 30.3 Å². The standard InChI is InChI=1S/C18H27N5O2S/c1-13(15-8-5-11-25-15)20-17(24)12-26-18-22-21-16(23(18)19)10-9-14-6-3-2-4-7-14/h5,8,11,13-14H,2-4,6-7,9-10,12,19H2,1H3,(H,20,24). The molecule has 1 unspecified atom stereocenters. The fraction of sp³-hybridized carbons (Fsp3) is 0.611. The fourth-order valence-electron chi connectivity index (χ4n) is 3.41. The van der Waals surface area contributed by atoms with Crippen LogP contribution in [0.5, 0.6) is 0 Å². The molecule has 1 saturated carbocycles. The van der Waals surface area contributed by atoms with Crippen molar-refractivity contribution in [3.63, 3.8) is 0 Å². The van der Waals surface area contributed by atoms with Crippen molar-refractivity contribution >= 4 is 17.7 Å². The molecule has 0 radical (unpaired) electrons. The van der Waals surface area contributed by atoms with Crippen molar-refractivity contribution in [3.05, 3.63) is 30.0 Å². The maximum atomic E-state index is 12.1. The number of hydrogen-bond acceptors (Lipinski definition) is 6. The Morgan fingerprint density at radius 2 is 2.23 bits per heavy atom. The number of rotatable bonds is 8. The Labute approximate surface area is 158 Å². The van der Waals surface area contributed by atoms with Crippen molar-refractivity contribution in [1.29, 1.82) is 0 Å². The largest absolute Gasteiger partial charge is 0.467 e. The van der Waals surface area contributed by atoms with Gasteiger partial charge in [0.2, 0.25) is 11.1 Å². The Kier molecular flexibility index (Phi) is 6.60. The molecule has 2 aromatic heterocycles. The molecular weight excluding hydrogens is 350 g/mol. The third-order valence-electron chi connectivity index (χ3n) is 4.92. The van der Waals surface area contributed by atoms with E-state index < -0.39 is 0 Å². The van der Waals surface area contributed by atoms with Crippen LogP contribution in [0, 0.1) is 5.92 Å². The first-order valence-corrected chi connectivity index (χ1v) is 10.3. The average molecular weight is 378 g/mol. The number of amides is 1. The predicted molar refractivity (Wildman–Crippen MR) is 101 cm³/mol. The number of nitrogens with two attached hydrogens (primary N) is 1. The summed E-state index contributed by atoms with van der Waals surface area (Å²) in [5.74, 6) is 8.56. The van der Waals surface area contributed by atoms with Gasteiger partial charge in [0.15, 0.2) is 5.82 Å². The zero-order chi connectivity index (χ0) is 18.4. The number of nitrogens with zero attached hydrogens (tertiary/aromatic N) is 3. The summed E-state index contributed by atoms with van der Waals surface area (Å²) in [6, 6.07) is 3.48. The van der Waals surface area contributed by atoms with E-state index in [4.69, 9.17) is 10.3 Å². The van der Waals surface area contributed by atoms with Gasteiger partial charge >= 0.3 is 0 Å². The zero-order valence-corrected chi connectivity index (χ0v) is 16.0. The van der Waals surface area contributed by atoms with Crippen molar-refractivity contribution in [2.75, 3.05) is 11.6 Å². The van der Waals surface area contributed by atoms with E-state index in [9.17, 15) is 4.79 Å². The molecule has 2 heterocycles. The van der Waals surface area contributed by atoms with E-state index in [1.54, 1.807) is 12.3 Å². The lowest BCUT2D eigenvalue weighted by molar-refractivity contribution is -0.119. The van der Waals surface area contributed by atoms with Gasteiger partial charge in [0, 0.05) is 6.42 Å². The highest BCUT2D eigenvalue weighted by atomic mass is 32.2. The monoisotopic (exact) mass is 377 g/mol. The highest BCUT2D eigenvalue weighted by Gasteiger charge is 2.17. The maximum absolute atomic E-state index is 12.1. The predicted octanol–water partition coefficient (Wildman–Crippen LogP) is 3.07. The van der Waals surface area contributed by atoms with Gasteiger partial charge in [-0.3, -0.25) is 4.79 Å². The molecule has 1 fully saturated rings. The highest BCUT2D eigenvalue weighted by molar-refractivity contribution is 7.99. The van der Waals surface area contributed by atoms with Crippen LogP contribution < -0.4 is 11.2 Å². The number of hydrogen-bond donors (Lipinski definition) is 2. The van der Waals surface area contributed by atoms with Crippen molar-refractivity contribution in [2.45, 2.75) is 63.1 Å². The summed E-state index contributed by atoms with van der Waals surface area (Å²) in [6.45, 7) is 1.89. The molecule has 2 aromatic rings. The summed E-state index contributed by atoms with van der Waals surface area (Å²) in [4.78, 5) is 12.1. The molecule has 8 heteroatoms. The minimum absolute atomic E-state index is 0.0920. The second kappa shape index (κ2) is 9.12. The SMILES string of the molecule is CC(NC(=O)CSc1nnc(CCC2CCCCC2)n1N)c1ccco1. The topological polar surface area (TPSA) is 99.0 Å². The summed E-state index contributed by atoms with van der Waals surface area (Å²) in [7, 11) is 0. The minimum Gasteiger partial charge on any atom is -0.467 e. The zero-order valence-electron chi connectivity index (χ0n) is 15.2. The molecule has 1 atom stereocenters. The van der Waals surface area contributed by atoms with Crippen molar-refractivity contribution in [3.8, 4) is 0 Å². The normalized spacial score (nSPS) is 16.5. The number of nitrogens with one attached hydrogen (secondary N) is 1. The second-order valence-corrected chi connectivity index (χ2v) is 7.85. The third-order valence-corrected chi connectivity index (χ3v) is 5.86. The molecule has 0 aromatic carbocycles. The first kappa shape index (κ1) is 18.8. The first-order chi connectivity index (χ1) is 12.6. The molecule has 0 bridgehead atoms. The summed E-state index contributed by atoms with van der Waals surface area (Å²) < 4.78 is 6.81. The summed E-state index contributed by atoms with van der Waals surface area (Å²) in [6.07, 6.45) is 10.2. The summed E-state index contributed by atoms with van der Waals surface area (Å²) >= 11 is 1.30. The van der Waals surface area contributed by atoms with E-state index in [2.05, 4.69) is 15.5 Å². The van der Waals surface area contributed by atoms with Gasteiger partial charge in [0.1, 0.15) is 5.76 Å². The summed E-state index contributed by atoms with van der Waals surface area (Å²) in [5.41, 5.74) is 0. The van der Waals surface area contributed by atoms with Crippen molar-refractivity contribution < 1.29 is 9.21 Å². The Morgan fingerprint density at radius 1 is 1.42 bits per heavy atom. The Bertz CT molecular complexity index is 695. The van der Waals surface area contributed by atoms with Gasteiger partial charge in [0.25, 0.3) is 0 Å². The van der Waals surface area contributed by atoms with Gasteiger partial charge in [-0.25, -0.2) is 4.68 Å². The molecule has 3 rings (SSSR count). The molecule has 0 aliphatic heterocycles. The van der Waals surface area contributed by atoms with E-state index in [1.165, 1.54) is 48.5 Å². The Hall–Kier alpha value is -1.96. The van der Waals surface area contributed by atoms with Crippen LogP contribution in [0.25, 0.3) is 0 Å². The van der Waals surface area contributed by atoms with E-state index in [-0.39, 0.29) is 17.7 Å². The first-order valence-electron chi connectivity index (χ1n) is 9.28. The van der Waals surface area contributed by atoms with Gasteiger partial charge in [0.05, 0.1) is 18.1 Å². The molecule has 3 N–H and O–H groups in total. The number of thioether (sulfide) groups is 1. The molecule has 1 amide bonds. The molecule has 1 aliphatic rings. The number of carbonyl (C=O) groups excluding carboxylic acids is 1. The van der Waals surface area contributed by atoms with E-state index >= 15 is 0 Å². The Morgan fingerprint density at radius 3 is 2.96 bits per heavy atom. The average Bonchev–Trinajstić information content (AvgIpc) is 3.30. The van der Waals surface area contributed by atoms with E-state index in [1.807, 2.05) is 13.0 Å². The number of nitrogen functional groups attached to an aromatic ring is 1. The van der Waals surface area contributed by atoms with Gasteiger partial charge in [-0.15, -0.1) is 10.2 Å². The van der Waals surface area contributed by atoms with Crippen LogP contribution >= 0.6 is 11.8 Å². The third kappa shape index (κ3) is 5.03. The molecule has 26 heavy (non-hydrogen) atoms. The number of carbonyl (C=O) groups is 1. The lowest BCUT2D eigenvalue weighted by Crippen LogP contribution is -2.28. The van der Waals surface area contributed by atoms with Gasteiger partial charge in [-0.1, -0.05) is 43.9 Å². The smallest absolute Gasteiger partial charge is 0.231 e. The van der Waals surface area contributed by atoms with Crippen LogP contribution in [-0.4, -0.2) is 26.5 Å². The molecule has 142 valence electrons. The summed E-state index contributed by atoms with van der Waals surface area (Å²) in [5, 5.41) is 11.8. The Balaban J connectivity index is 1.44. The van der Waals surface area contributed by atoms with Gasteiger partial charge in [-0.2, -0.15) is 0 Å². The lowest BCUT2D eigenvalue weighted by Gasteiger charge is -2.20.